The molecule has 0 atom stereocenters. The Balaban J connectivity index is 2.00. The summed E-state index contributed by atoms with van der Waals surface area (Å²) < 4.78 is 0. The molecule has 0 aromatic heterocycles. The molecule has 2 rings (SSSR count). The van der Waals surface area contributed by atoms with Crippen LogP contribution in [0, 0.1) is 6.92 Å². The predicted octanol–water partition coefficient (Wildman–Crippen LogP) is 2.43. The molecule has 0 aliphatic carbocycles. The molecule has 1 aliphatic rings. The molecule has 1 aliphatic heterocycles. The van der Waals surface area contributed by atoms with Crippen molar-refractivity contribution in [3.05, 3.63) is 28.8 Å². The van der Waals surface area contributed by atoms with E-state index in [1.807, 2.05) is 24.0 Å². The number of amides is 2. The molecule has 1 aromatic carbocycles. The molecule has 0 bridgehead atoms. The van der Waals surface area contributed by atoms with Crippen LogP contribution in [0.5, 0.6) is 0 Å². The van der Waals surface area contributed by atoms with Crippen LogP contribution in [0.1, 0.15) is 5.56 Å². The summed E-state index contributed by atoms with van der Waals surface area (Å²) in [6.45, 7) is 5.32. The number of hydrogen-bond donors (Lipinski definition) is 1. The predicted molar refractivity (Wildman–Crippen MR) is 74.3 cm³/mol. The Morgan fingerprint density at radius 3 is 2.61 bits per heavy atom. The van der Waals surface area contributed by atoms with E-state index in [0.29, 0.717) is 5.02 Å². The van der Waals surface area contributed by atoms with Crippen LogP contribution in [0.25, 0.3) is 0 Å². The van der Waals surface area contributed by atoms with Gasteiger partial charge in [-0.05, 0) is 31.7 Å². The fourth-order valence-corrected chi connectivity index (χ4v) is 2.10. The molecule has 1 heterocycles. The van der Waals surface area contributed by atoms with Gasteiger partial charge in [-0.15, -0.1) is 0 Å². The molecule has 1 saturated heterocycles. The van der Waals surface area contributed by atoms with E-state index in [1.165, 1.54) is 0 Å². The zero-order chi connectivity index (χ0) is 13.1. The van der Waals surface area contributed by atoms with Gasteiger partial charge in [0.05, 0.1) is 0 Å². The van der Waals surface area contributed by atoms with Crippen molar-refractivity contribution >= 4 is 23.3 Å². The lowest BCUT2D eigenvalue weighted by Crippen LogP contribution is -2.48. The molecule has 0 radical (unpaired) electrons. The highest BCUT2D eigenvalue weighted by molar-refractivity contribution is 6.31. The summed E-state index contributed by atoms with van der Waals surface area (Å²) in [6.07, 6.45) is 0. The number of halogens is 1. The minimum absolute atomic E-state index is 0.0477. The van der Waals surface area contributed by atoms with Crippen LogP contribution in [0.15, 0.2) is 18.2 Å². The number of anilines is 1. The van der Waals surface area contributed by atoms with Crippen molar-refractivity contribution in [2.45, 2.75) is 6.92 Å². The first-order chi connectivity index (χ1) is 8.56. The first-order valence-electron chi connectivity index (χ1n) is 6.07. The highest BCUT2D eigenvalue weighted by Crippen LogP contribution is 2.20. The molecule has 98 valence electrons. The lowest BCUT2D eigenvalue weighted by molar-refractivity contribution is 0.164. The number of nitrogens with zero attached hydrogens (tertiary/aromatic N) is 2. The lowest BCUT2D eigenvalue weighted by Gasteiger charge is -2.32. The maximum absolute atomic E-state index is 12.1. The van der Waals surface area contributed by atoms with E-state index in [-0.39, 0.29) is 6.03 Å². The van der Waals surface area contributed by atoms with Gasteiger partial charge in [0.1, 0.15) is 0 Å². The fourth-order valence-electron chi connectivity index (χ4n) is 1.93. The number of hydrogen-bond acceptors (Lipinski definition) is 2. The quantitative estimate of drug-likeness (QED) is 0.848. The third-order valence-electron chi connectivity index (χ3n) is 3.23. The SMILES string of the molecule is Cc1ccc(Cl)cc1NC(=O)N1CCN(C)CC1. The fraction of sp³-hybridized carbons (Fsp3) is 0.462. The maximum atomic E-state index is 12.1. The van der Waals surface area contributed by atoms with E-state index in [2.05, 4.69) is 17.3 Å². The van der Waals surface area contributed by atoms with Gasteiger partial charge in [-0.1, -0.05) is 17.7 Å². The van der Waals surface area contributed by atoms with Crippen molar-refractivity contribution in [3.8, 4) is 0 Å². The number of benzene rings is 1. The van der Waals surface area contributed by atoms with Crippen LogP contribution in [-0.2, 0) is 0 Å². The molecule has 4 nitrogen and oxygen atoms in total. The Kier molecular flexibility index (Phi) is 4.09. The monoisotopic (exact) mass is 267 g/mol. The Hall–Kier alpha value is -1.26. The summed E-state index contributed by atoms with van der Waals surface area (Å²) >= 11 is 5.93. The minimum atomic E-state index is -0.0477. The zero-order valence-electron chi connectivity index (χ0n) is 10.7. The maximum Gasteiger partial charge on any atom is 0.321 e. The molecule has 0 unspecified atom stereocenters. The second-order valence-electron chi connectivity index (χ2n) is 4.68. The molecule has 1 N–H and O–H groups in total. The van der Waals surface area contributed by atoms with Gasteiger partial charge < -0.3 is 15.1 Å². The van der Waals surface area contributed by atoms with E-state index in [4.69, 9.17) is 11.6 Å². The van der Waals surface area contributed by atoms with Gasteiger partial charge in [-0.3, -0.25) is 0 Å². The van der Waals surface area contributed by atoms with Gasteiger partial charge in [0.2, 0.25) is 0 Å². The highest BCUT2D eigenvalue weighted by atomic mass is 35.5. The van der Waals surface area contributed by atoms with E-state index in [0.717, 1.165) is 37.4 Å². The summed E-state index contributed by atoms with van der Waals surface area (Å²) in [5.41, 5.74) is 1.80. The van der Waals surface area contributed by atoms with Gasteiger partial charge in [0.25, 0.3) is 0 Å². The molecule has 1 fully saturated rings. The van der Waals surface area contributed by atoms with Crippen LogP contribution in [0.4, 0.5) is 10.5 Å². The Morgan fingerprint density at radius 1 is 1.28 bits per heavy atom. The van der Waals surface area contributed by atoms with Gasteiger partial charge >= 0.3 is 6.03 Å². The standard InChI is InChI=1S/C13H18ClN3O/c1-10-3-4-11(14)9-12(10)15-13(18)17-7-5-16(2)6-8-17/h3-4,9H,5-8H2,1-2H3,(H,15,18). The summed E-state index contributed by atoms with van der Waals surface area (Å²) in [7, 11) is 2.07. The van der Waals surface area contributed by atoms with Crippen molar-refractivity contribution < 1.29 is 4.79 Å². The van der Waals surface area contributed by atoms with Crippen molar-refractivity contribution in [1.82, 2.24) is 9.80 Å². The number of likely N-dealkylation sites (N-methyl/N-ethyl adjacent to an activating group) is 1. The van der Waals surface area contributed by atoms with Crippen LogP contribution in [-0.4, -0.2) is 49.1 Å². The second kappa shape index (κ2) is 5.59. The van der Waals surface area contributed by atoms with Crippen molar-refractivity contribution in [1.29, 1.82) is 0 Å². The molecule has 0 saturated carbocycles. The first kappa shape index (κ1) is 13.2. The smallest absolute Gasteiger partial charge is 0.321 e. The van der Waals surface area contributed by atoms with Gasteiger partial charge in [0.15, 0.2) is 0 Å². The van der Waals surface area contributed by atoms with Crippen molar-refractivity contribution in [2.75, 3.05) is 38.5 Å². The summed E-state index contributed by atoms with van der Waals surface area (Å²) in [5.74, 6) is 0. The van der Waals surface area contributed by atoms with E-state index >= 15 is 0 Å². The van der Waals surface area contributed by atoms with Crippen LogP contribution >= 0.6 is 11.6 Å². The number of aryl methyl sites for hydroxylation is 1. The third kappa shape index (κ3) is 3.15. The summed E-state index contributed by atoms with van der Waals surface area (Å²) in [4.78, 5) is 16.1. The molecule has 2 amide bonds. The number of nitrogens with one attached hydrogen (secondary N) is 1. The van der Waals surface area contributed by atoms with E-state index in [9.17, 15) is 4.79 Å². The molecular weight excluding hydrogens is 250 g/mol. The minimum Gasteiger partial charge on any atom is -0.322 e. The lowest BCUT2D eigenvalue weighted by atomic mass is 10.2. The van der Waals surface area contributed by atoms with Gasteiger partial charge in [-0.2, -0.15) is 0 Å². The molecule has 18 heavy (non-hydrogen) atoms. The van der Waals surface area contributed by atoms with Crippen LogP contribution in [0.3, 0.4) is 0 Å². The number of piperazine rings is 1. The molecule has 0 spiro atoms. The molecule has 5 heteroatoms. The van der Waals surface area contributed by atoms with E-state index in [1.54, 1.807) is 6.07 Å². The second-order valence-corrected chi connectivity index (χ2v) is 5.12. The van der Waals surface area contributed by atoms with Crippen LogP contribution in [0.2, 0.25) is 5.02 Å². The zero-order valence-corrected chi connectivity index (χ0v) is 11.5. The number of urea groups is 1. The summed E-state index contributed by atoms with van der Waals surface area (Å²) in [6, 6.07) is 5.46. The largest absolute Gasteiger partial charge is 0.322 e. The Morgan fingerprint density at radius 2 is 1.94 bits per heavy atom. The Bertz CT molecular complexity index is 442. The van der Waals surface area contributed by atoms with Crippen molar-refractivity contribution in [2.24, 2.45) is 0 Å². The normalized spacial score (nSPS) is 16.7. The average molecular weight is 268 g/mol. The van der Waals surface area contributed by atoms with E-state index < -0.39 is 0 Å². The van der Waals surface area contributed by atoms with Gasteiger partial charge in [-0.25, -0.2) is 4.79 Å². The highest BCUT2D eigenvalue weighted by Gasteiger charge is 2.19. The van der Waals surface area contributed by atoms with Gasteiger partial charge in [0, 0.05) is 36.9 Å². The van der Waals surface area contributed by atoms with Crippen molar-refractivity contribution in [3.63, 3.8) is 0 Å². The number of carbonyl (C=O) groups is 1. The topological polar surface area (TPSA) is 35.6 Å². The molecule has 1 aromatic rings. The van der Waals surface area contributed by atoms with Crippen LogP contribution < -0.4 is 5.32 Å². The molecular formula is C13H18ClN3O. The third-order valence-corrected chi connectivity index (χ3v) is 3.47. The first-order valence-corrected chi connectivity index (χ1v) is 6.44. The Labute approximate surface area is 113 Å². The number of rotatable bonds is 1. The average Bonchev–Trinajstić information content (AvgIpc) is 2.34. The number of carbonyl (C=O) groups excluding carboxylic acids is 1. The summed E-state index contributed by atoms with van der Waals surface area (Å²) in [5, 5.41) is 3.55.